The van der Waals surface area contributed by atoms with E-state index in [9.17, 15) is 20.1 Å². The highest BCUT2D eigenvalue weighted by Crippen LogP contribution is 2.34. The summed E-state index contributed by atoms with van der Waals surface area (Å²) in [4.78, 5) is 11.0. The smallest absolute Gasteiger partial charge is 0.307 e. The van der Waals surface area contributed by atoms with Crippen molar-refractivity contribution in [2.75, 3.05) is 6.54 Å². The fraction of sp³-hybridized carbons (Fsp3) is 0.533. The first-order valence-corrected chi connectivity index (χ1v) is 7.05. The molecule has 0 heterocycles. The quantitative estimate of drug-likeness (QED) is 0.498. The number of aromatic hydroxyl groups is 3. The third kappa shape index (κ3) is 4.82. The first kappa shape index (κ1) is 17.1. The Morgan fingerprint density at radius 1 is 1.24 bits per heavy atom. The predicted molar refractivity (Wildman–Crippen MR) is 78.3 cm³/mol. The van der Waals surface area contributed by atoms with Crippen molar-refractivity contribution < 1.29 is 25.2 Å². The molecule has 0 spiro atoms. The number of phenolic OH excluding ortho intramolecular Hbond substituents is 3. The molecule has 2 atom stereocenters. The largest absolute Gasteiger partial charge is 0.508 e. The lowest BCUT2D eigenvalue weighted by atomic mass is 9.87. The van der Waals surface area contributed by atoms with E-state index in [4.69, 9.17) is 10.8 Å². The number of carboxylic acid groups (broad SMARTS) is 1. The molecule has 0 aliphatic heterocycles. The normalized spacial score (nSPS) is 13.8. The minimum absolute atomic E-state index is 0.0988. The van der Waals surface area contributed by atoms with Crippen molar-refractivity contribution in [3.63, 3.8) is 0 Å². The van der Waals surface area contributed by atoms with Gasteiger partial charge in [-0.1, -0.05) is 13.3 Å². The van der Waals surface area contributed by atoms with Gasteiger partial charge in [-0.25, -0.2) is 0 Å². The Kier molecular flexibility index (Phi) is 6.30. The van der Waals surface area contributed by atoms with E-state index < -0.39 is 11.9 Å². The fourth-order valence-corrected chi connectivity index (χ4v) is 2.42. The van der Waals surface area contributed by atoms with Crippen LogP contribution in [-0.2, 0) is 11.2 Å². The topological polar surface area (TPSA) is 124 Å². The van der Waals surface area contributed by atoms with Crippen LogP contribution in [0.15, 0.2) is 12.1 Å². The maximum atomic E-state index is 11.0. The third-order valence-corrected chi connectivity index (χ3v) is 3.82. The summed E-state index contributed by atoms with van der Waals surface area (Å²) in [6.45, 7) is 2.07. The van der Waals surface area contributed by atoms with E-state index in [0.29, 0.717) is 24.8 Å². The van der Waals surface area contributed by atoms with Crippen molar-refractivity contribution in [3.05, 3.63) is 17.7 Å². The van der Waals surface area contributed by atoms with Gasteiger partial charge in [-0.15, -0.1) is 0 Å². The van der Waals surface area contributed by atoms with Crippen LogP contribution in [0.3, 0.4) is 0 Å². The van der Waals surface area contributed by atoms with Crippen LogP contribution in [0.1, 0.15) is 31.7 Å². The predicted octanol–water partition coefficient (Wildman–Crippen LogP) is 1.81. The summed E-state index contributed by atoms with van der Waals surface area (Å²) in [5, 5.41) is 37.8. The molecule has 1 aromatic rings. The highest BCUT2D eigenvalue weighted by molar-refractivity contribution is 5.70. The lowest BCUT2D eigenvalue weighted by Crippen LogP contribution is -2.26. The molecule has 0 aliphatic rings. The summed E-state index contributed by atoms with van der Waals surface area (Å²) in [7, 11) is 0. The van der Waals surface area contributed by atoms with Gasteiger partial charge in [0.05, 0.1) is 5.92 Å². The van der Waals surface area contributed by atoms with Crippen LogP contribution in [0.4, 0.5) is 0 Å². The Balaban J connectivity index is 2.70. The molecule has 6 N–H and O–H groups in total. The molecule has 6 heteroatoms. The number of carboxylic acids is 1. The van der Waals surface area contributed by atoms with Gasteiger partial charge in [0.2, 0.25) is 0 Å². The van der Waals surface area contributed by atoms with Gasteiger partial charge < -0.3 is 26.2 Å². The lowest BCUT2D eigenvalue weighted by molar-refractivity contribution is -0.142. The zero-order valence-electron chi connectivity index (χ0n) is 12.1. The summed E-state index contributed by atoms with van der Waals surface area (Å²) in [5.74, 6) is -1.84. The Morgan fingerprint density at radius 3 is 2.24 bits per heavy atom. The average Bonchev–Trinajstić information content (AvgIpc) is 2.40. The summed E-state index contributed by atoms with van der Waals surface area (Å²) < 4.78 is 0. The van der Waals surface area contributed by atoms with Crippen molar-refractivity contribution in [1.82, 2.24) is 0 Å². The number of carbonyl (C=O) groups is 1. The van der Waals surface area contributed by atoms with E-state index in [2.05, 4.69) is 0 Å². The summed E-state index contributed by atoms with van der Waals surface area (Å²) >= 11 is 0. The standard InChI is InChI=1S/C15H23NO5/c1-2-9(5-10(8-16)15(20)21)3-4-12-13(18)6-11(17)7-14(12)19/h6-7,9-10,17-19H,2-5,8,16H2,1H3,(H,20,21). The highest BCUT2D eigenvalue weighted by atomic mass is 16.4. The van der Waals surface area contributed by atoms with E-state index >= 15 is 0 Å². The van der Waals surface area contributed by atoms with Crippen LogP contribution in [0.5, 0.6) is 17.2 Å². The van der Waals surface area contributed by atoms with Gasteiger partial charge in [0.15, 0.2) is 0 Å². The maximum absolute atomic E-state index is 11.0. The van der Waals surface area contributed by atoms with Crippen LogP contribution >= 0.6 is 0 Å². The number of hydrogen-bond donors (Lipinski definition) is 5. The number of phenols is 3. The summed E-state index contributed by atoms with van der Waals surface area (Å²) in [5.41, 5.74) is 5.83. The minimum atomic E-state index is -0.897. The highest BCUT2D eigenvalue weighted by Gasteiger charge is 2.21. The van der Waals surface area contributed by atoms with Crippen molar-refractivity contribution in [3.8, 4) is 17.2 Å². The Labute approximate surface area is 123 Å². The molecule has 6 nitrogen and oxygen atoms in total. The monoisotopic (exact) mass is 297 g/mol. The van der Waals surface area contributed by atoms with Crippen molar-refractivity contribution in [1.29, 1.82) is 0 Å². The Morgan fingerprint density at radius 2 is 1.81 bits per heavy atom. The second-order valence-electron chi connectivity index (χ2n) is 5.28. The van der Waals surface area contributed by atoms with Crippen LogP contribution < -0.4 is 5.73 Å². The molecule has 118 valence electrons. The van der Waals surface area contributed by atoms with Crippen LogP contribution in [0.2, 0.25) is 0 Å². The molecule has 0 radical (unpaired) electrons. The average molecular weight is 297 g/mol. The Bertz CT molecular complexity index is 466. The molecular weight excluding hydrogens is 274 g/mol. The Hall–Kier alpha value is -1.95. The van der Waals surface area contributed by atoms with Crippen molar-refractivity contribution >= 4 is 5.97 Å². The molecule has 0 saturated carbocycles. The van der Waals surface area contributed by atoms with E-state index in [1.807, 2.05) is 6.92 Å². The number of benzene rings is 1. The molecule has 0 amide bonds. The molecule has 1 aromatic carbocycles. The molecule has 0 bridgehead atoms. The van der Waals surface area contributed by atoms with Gasteiger partial charge in [0, 0.05) is 24.2 Å². The van der Waals surface area contributed by atoms with Crippen LogP contribution in [-0.4, -0.2) is 32.9 Å². The summed E-state index contributed by atoms with van der Waals surface area (Å²) in [6, 6.07) is 2.35. The minimum Gasteiger partial charge on any atom is -0.508 e. The van der Waals surface area contributed by atoms with Crippen molar-refractivity contribution in [2.45, 2.75) is 32.6 Å². The van der Waals surface area contributed by atoms with Gasteiger partial charge in [-0.2, -0.15) is 0 Å². The second-order valence-corrected chi connectivity index (χ2v) is 5.28. The number of aliphatic carboxylic acids is 1. The zero-order valence-corrected chi connectivity index (χ0v) is 12.1. The second kappa shape index (κ2) is 7.73. The van der Waals surface area contributed by atoms with Gasteiger partial charge in [0.25, 0.3) is 0 Å². The zero-order chi connectivity index (χ0) is 16.0. The molecule has 21 heavy (non-hydrogen) atoms. The van der Waals surface area contributed by atoms with E-state index in [1.165, 1.54) is 12.1 Å². The lowest BCUT2D eigenvalue weighted by Gasteiger charge is -2.19. The SMILES string of the molecule is CCC(CCc1c(O)cc(O)cc1O)CC(CN)C(=O)O. The molecule has 0 aromatic heterocycles. The summed E-state index contributed by atoms with van der Waals surface area (Å²) in [6.07, 6.45) is 2.31. The fourth-order valence-electron chi connectivity index (χ4n) is 2.42. The third-order valence-electron chi connectivity index (χ3n) is 3.82. The van der Waals surface area contributed by atoms with Crippen LogP contribution in [0.25, 0.3) is 0 Å². The van der Waals surface area contributed by atoms with Crippen LogP contribution in [0, 0.1) is 11.8 Å². The number of nitrogens with two attached hydrogens (primary N) is 1. The first-order chi connectivity index (χ1) is 9.88. The van der Waals surface area contributed by atoms with Crippen molar-refractivity contribution in [2.24, 2.45) is 17.6 Å². The molecule has 2 unspecified atom stereocenters. The molecule has 0 saturated heterocycles. The van der Waals surface area contributed by atoms with Gasteiger partial charge in [-0.3, -0.25) is 4.79 Å². The first-order valence-electron chi connectivity index (χ1n) is 7.05. The van der Waals surface area contributed by atoms with E-state index in [-0.39, 0.29) is 29.7 Å². The number of hydrogen-bond acceptors (Lipinski definition) is 5. The molecule has 0 aliphatic carbocycles. The maximum Gasteiger partial charge on any atom is 0.307 e. The van der Waals surface area contributed by atoms with Gasteiger partial charge in [0.1, 0.15) is 17.2 Å². The van der Waals surface area contributed by atoms with E-state index in [0.717, 1.165) is 6.42 Å². The number of rotatable bonds is 8. The van der Waals surface area contributed by atoms with Gasteiger partial charge >= 0.3 is 5.97 Å². The van der Waals surface area contributed by atoms with Gasteiger partial charge in [-0.05, 0) is 25.2 Å². The molecule has 0 fully saturated rings. The van der Waals surface area contributed by atoms with E-state index in [1.54, 1.807) is 0 Å². The molecule has 1 rings (SSSR count). The molecular formula is C15H23NO5.